The Morgan fingerprint density at radius 3 is 2.24 bits per heavy atom. The van der Waals surface area contributed by atoms with E-state index in [1.807, 2.05) is 35.8 Å². The van der Waals surface area contributed by atoms with Gasteiger partial charge >= 0.3 is 11.9 Å². The molecule has 2 aromatic rings. The van der Waals surface area contributed by atoms with E-state index < -0.39 is 6.10 Å². The average Bonchev–Trinajstić information content (AvgIpc) is 3.38. The fourth-order valence-corrected chi connectivity index (χ4v) is 5.15. The molecule has 0 bridgehead atoms. The molecule has 3 aliphatic rings. The largest absolute Gasteiger partial charge is 0.457 e. The molecule has 3 heterocycles. The van der Waals surface area contributed by atoms with Crippen molar-refractivity contribution >= 4 is 17.8 Å². The number of hydrogen-bond donors (Lipinski definition) is 1. The van der Waals surface area contributed by atoms with Crippen molar-refractivity contribution in [2.75, 3.05) is 32.7 Å². The van der Waals surface area contributed by atoms with Crippen LogP contribution in [0.1, 0.15) is 60.2 Å². The van der Waals surface area contributed by atoms with Gasteiger partial charge in [0.15, 0.2) is 0 Å². The van der Waals surface area contributed by atoms with Crippen LogP contribution < -0.4 is 0 Å². The van der Waals surface area contributed by atoms with Gasteiger partial charge in [-0.25, -0.2) is 9.59 Å². The number of aliphatic hydroxyl groups is 1. The maximum Gasteiger partial charge on any atom is 0.338 e. The standard InChI is InChI=1S/C26H28N2O6/c1-15-17(3-4-19-21(15)13-33-25(19)31)7-8-28-10-9-27(12-24(28)30)11-23(29)18-5-6-20-22(16(18)2)14-34-26(20)32/h3-6,23,29H,7-14H2,1-2H3. The van der Waals surface area contributed by atoms with Gasteiger partial charge in [-0.1, -0.05) is 12.1 Å². The minimum atomic E-state index is -0.751. The first-order valence-corrected chi connectivity index (χ1v) is 11.6. The lowest BCUT2D eigenvalue weighted by atomic mass is 9.95. The number of cyclic esters (lactones) is 2. The van der Waals surface area contributed by atoms with Crippen molar-refractivity contribution in [2.24, 2.45) is 0 Å². The van der Waals surface area contributed by atoms with E-state index in [0.717, 1.165) is 39.8 Å². The van der Waals surface area contributed by atoms with E-state index in [9.17, 15) is 19.5 Å². The Hall–Kier alpha value is -3.23. The topological polar surface area (TPSA) is 96.4 Å². The normalized spacial score (nSPS) is 18.6. The smallest absolute Gasteiger partial charge is 0.338 e. The second-order valence-corrected chi connectivity index (χ2v) is 9.22. The number of rotatable bonds is 6. The molecule has 8 heteroatoms. The Morgan fingerprint density at radius 1 is 0.912 bits per heavy atom. The summed E-state index contributed by atoms with van der Waals surface area (Å²) in [5, 5.41) is 10.9. The van der Waals surface area contributed by atoms with Crippen LogP contribution in [0.4, 0.5) is 0 Å². The van der Waals surface area contributed by atoms with E-state index in [1.165, 1.54) is 0 Å². The van der Waals surface area contributed by atoms with Crippen LogP contribution >= 0.6 is 0 Å². The summed E-state index contributed by atoms with van der Waals surface area (Å²) in [6.45, 7) is 6.96. The van der Waals surface area contributed by atoms with Crippen LogP contribution in [0.5, 0.6) is 0 Å². The van der Waals surface area contributed by atoms with Crippen LogP contribution in [0.15, 0.2) is 24.3 Å². The Morgan fingerprint density at radius 2 is 1.56 bits per heavy atom. The molecule has 34 heavy (non-hydrogen) atoms. The third-order valence-corrected chi connectivity index (χ3v) is 7.32. The zero-order valence-corrected chi connectivity index (χ0v) is 19.4. The fraction of sp³-hybridized carbons (Fsp3) is 0.423. The zero-order chi connectivity index (χ0) is 24.0. The van der Waals surface area contributed by atoms with Gasteiger partial charge in [-0.05, 0) is 54.7 Å². The van der Waals surface area contributed by atoms with Crippen molar-refractivity contribution in [1.29, 1.82) is 0 Å². The molecule has 0 radical (unpaired) electrons. The second-order valence-electron chi connectivity index (χ2n) is 9.22. The Bertz CT molecular complexity index is 1190. The summed E-state index contributed by atoms with van der Waals surface area (Å²) >= 11 is 0. The number of β-amino-alcohol motifs (C(OH)–C–C–N with tert-alkyl or cyclic N) is 1. The first-order chi connectivity index (χ1) is 16.3. The fourth-order valence-electron chi connectivity index (χ4n) is 5.15. The average molecular weight is 465 g/mol. The third-order valence-electron chi connectivity index (χ3n) is 7.32. The van der Waals surface area contributed by atoms with E-state index in [-0.39, 0.29) is 31.0 Å². The highest BCUT2D eigenvalue weighted by molar-refractivity contribution is 5.94. The molecule has 8 nitrogen and oxygen atoms in total. The summed E-state index contributed by atoms with van der Waals surface area (Å²) in [6.07, 6.45) is -0.0316. The number of aliphatic hydroxyl groups excluding tert-OH is 1. The number of benzene rings is 2. The molecule has 1 atom stereocenters. The molecular formula is C26H28N2O6. The van der Waals surface area contributed by atoms with Crippen molar-refractivity contribution < 1.29 is 29.0 Å². The third kappa shape index (κ3) is 3.97. The van der Waals surface area contributed by atoms with Crippen LogP contribution in [0, 0.1) is 13.8 Å². The number of ether oxygens (including phenoxy) is 2. The summed E-state index contributed by atoms with van der Waals surface area (Å²) in [5.74, 6) is -0.548. The quantitative estimate of drug-likeness (QED) is 0.654. The molecule has 0 spiro atoms. The van der Waals surface area contributed by atoms with Crippen LogP contribution in [-0.2, 0) is 33.9 Å². The summed E-state index contributed by atoms with van der Waals surface area (Å²) in [6, 6.07) is 7.26. The van der Waals surface area contributed by atoms with Gasteiger partial charge in [-0.3, -0.25) is 9.69 Å². The number of nitrogens with zero attached hydrogens (tertiary/aromatic N) is 2. The maximum atomic E-state index is 12.8. The molecular weight excluding hydrogens is 436 g/mol. The van der Waals surface area contributed by atoms with Crippen LogP contribution in [0.3, 0.4) is 0 Å². The molecule has 1 N–H and O–H groups in total. The van der Waals surface area contributed by atoms with Crippen LogP contribution in [0.2, 0.25) is 0 Å². The van der Waals surface area contributed by atoms with Crippen molar-refractivity contribution in [3.63, 3.8) is 0 Å². The van der Waals surface area contributed by atoms with Gasteiger partial charge in [0.1, 0.15) is 13.2 Å². The van der Waals surface area contributed by atoms with E-state index in [4.69, 9.17) is 9.47 Å². The van der Waals surface area contributed by atoms with Crippen molar-refractivity contribution in [3.05, 3.63) is 68.8 Å². The SMILES string of the molecule is Cc1c(CCN2CCN(CC(O)c3ccc4c(c3C)COC4=O)CC2=O)ccc2c1COC2=O. The van der Waals surface area contributed by atoms with E-state index in [2.05, 4.69) is 0 Å². The highest BCUT2D eigenvalue weighted by Gasteiger charge is 2.29. The van der Waals surface area contributed by atoms with Gasteiger partial charge in [-0.15, -0.1) is 0 Å². The number of carbonyl (C=O) groups is 3. The summed E-state index contributed by atoms with van der Waals surface area (Å²) < 4.78 is 10.2. The van der Waals surface area contributed by atoms with Gasteiger partial charge < -0.3 is 19.5 Å². The highest BCUT2D eigenvalue weighted by atomic mass is 16.5. The van der Waals surface area contributed by atoms with Crippen molar-refractivity contribution in [2.45, 2.75) is 39.6 Å². The molecule has 178 valence electrons. The molecule has 3 aliphatic heterocycles. The molecule has 1 unspecified atom stereocenters. The first-order valence-electron chi connectivity index (χ1n) is 11.6. The summed E-state index contributed by atoms with van der Waals surface area (Å²) in [7, 11) is 0. The monoisotopic (exact) mass is 464 g/mol. The number of carbonyl (C=O) groups excluding carboxylic acids is 3. The molecule has 0 saturated carbocycles. The predicted molar refractivity (Wildman–Crippen MR) is 122 cm³/mol. The van der Waals surface area contributed by atoms with Crippen LogP contribution in [-0.4, -0.2) is 65.5 Å². The minimum absolute atomic E-state index is 0.0421. The van der Waals surface area contributed by atoms with Gasteiger partial charge in [0.2, 0.25) is 5.91 Å². The summed E-state index contributed by atoms with van der Waals surface area (Å²) in [5.41, 5.74) is 6.81. The minimum Gasteiger partial charge on any atom is -0.457 e. The number of esters is 2. The van der Waals surface area contributed by atoms with E-state index >= 15 is 0 Å². The molecule has 0 aromatic heterocycles. The van der Waals surface area contributed by atoms with E-state index in [1.54, 1.807) is 12.1 Å². The molecule has 1 saturated heterocycles. The van der Waals surface area contributed by atoms with Gasteiger partial charge in [0.25, 0.3) is 0 Å². The first kappa shape index (κ1) is 22.6. The number of piperazine rings is 1. The summed E-state index contributed by atoms with van der Waals surface area (Å²) in [4.78, 5) is 40.1. The zero-order valence-electron chi connectivity index (χ0n) is 19.4. The van der Waals surface area contributed by atoms with Crippen molar-refractivity contribution in [3.8, 4) is 0 Å². The van der Waals surface area contributed by atoms with E-state index in [0.29, 0.717) is 43.9 Å². The van der Waals surface area contributed by atoms with Crippen LogP contribution in [0.25, 0.3) is 0 Å². The second kappa shape index (κ2) is 8.85. The van der Waals surface area contributed by atoms with Crippen molar-refractivity contribution in [1.82, 2.24) is 9.80 Å². The lowest BCUT2D eigenvalue weighted by Crippen LogP contribution is -2.51. The Kier molecular flexibility index (Phi) is 5.87. The maximum absolute atomic E-state index is 12.8. The molecule has 0 aliphatic carbocycles. The molecule has 2 aromatic carbocycles. The van der Waals surface area contributed by atoms with Gasteiger partial charge in [0.05, 0.1) is 23.8 Å². The number of amides is 1. The lowest BCUT2D eigenvalue weighted by Gasteiger charge is -2.35. The molecule has 1 amide bonds. The highest BCUT2D eigenvalue weighted by Crippen LogP contribution is 2.30. The predicted octanol–water partition coefficient (Wildman–Crippen LogP) is 2.06. The Balaban J connectivity index is 1.17. The molecule has 5 rings (SSSR count). The number of hydrogen-bond acceptors (Lipinski definition) is 7. The van der Waals surface area contributed by atoms with Gasteiger partial charge in [-0.2, -0.15) is 0 Å². The van der Waals surface area contributed by atoms with Gasteiger partial charge in [0, 0.05) is 37.3 Å². The number of fused-ring (bicyclic) bond motifs is 2. The Labute approximate surface area is 198 Å². The molecule has 1 fully saturated rings. The lowest BCUT2D eigenvalue weighted by molar-refractivity contribution is -0.136.